The van der Waals surface area contributed by atoms with Gasteiger partial charge in [0, 0.05) is 16.8 Å². The second-order valence-corrected chi connectivity index (χ2v) is 7.78. The summed E-state index contributed by atoms with van der Waals surface area (Å²) in [4.78, 5) is 24.5. The lowest BCUT2D eigenvalue weighted by molar-refractivity contribution is -0.143. The lowest BCUT2D eigenvalue weighted by Gasteiger charge is -2.13. The quantitative estimate of drug-likeness (QED) is 0.546. The van der Waals surface area contributed by atoms with Crippen molar-refractivity contribution in [3.05, 3.63) is 76.6 Å². The van der Waals surface area contributed by atoms with E-state index in [2.05, 4.69) is 15.7 Å². The first-order valence-corrected chi connectivity index (χ1v) is 10.0. The summed E-state index contributed by atoms with van der Waals surface area (Å²) in [5.74, 6) is -1.11. The Balaban J connectivity index is 1.82. The van der Waals surface area contributed by atoms with Crippen molar-refractivity contribution in [2.45, 2.75) is 32.5 Å². The van der Waals surface area contributed by atoms with Crippen molar-refractivity contribution in [2.75, 3.05) is 5.32 Å². The van der Waals surface area contributed by atoms with E-state index in [0.29, 0.717) is 10.2 Å². The fraction of sp³-hybridized carbons (Fsp3) is 0.227. The standard InChI is InChI=1S/C22H20ClF3N4O2/c1-13(2)28-19(31)10-14-6-8-16(9-7-14)29-21(32)18-12-27-30(20(18)22(24,25)26)17-5-3-4-15(23)11-17/h3-9,11-13H,10H2,1-2H3,(H,28,31)(H,29,32). The average molecular weight is 465 g/mol. The summed E-state index contributed by atoms with van der Waals surface area (Å²) < 4.78 is 42.0. The molecule has 0 aliphatic rings. The van der Waals surface area contributed by atoms with E-state index in [-0.39, 0.29) is 34.8 Å². The Morgan fingerprint density at radius 1 is 1.12 bits per heavy atom. The summed E-state index contributed by atoms with van der Waals surface area (Å²) >= 11 is 5.88. The fourth-order valence-electron chi connectivity index (χ4n) is 3.05. The van der Waals surface area contributed by atoms with Gasteiger partial charge < -0.3 is 10.6 Å². The van der Waals surface area contributed by atoms with Crippen LogP contribution < -0.4 is 10.6 Å². The molecule has 0 radical (unpaired) electrons. The Kier molecular flexibility index (Phi) is 6.88. The van der Waals surface area contributed by atoms with Gasteiger partial charge in [-0.1, -0.05) is 29.8 Å². The molecule has 0 fully saturated rings. The number of rotatable bonds is 6. The molecule has 3 rings (SSSR count). The SMILES string of the molecule is CC(C)NC(=O)Cc1ccc(NC(=O)c2cnn(-c3cccc(Cl)c3)c2C(F)(F)F)cc1. The average Bonchev–Trinajstić information content (AvgIpc) is 3.15. The van der Waals surface area contributed by atoms with Crippen LogP contribution in [0.25, 0.3) is 5.69 Å². The van der Waals surface area contributed by atoms with Crippen LogP contribution in [0.1, 0.15) is 35.5 Å². The van der Waals surface area contributed by atoms with Crippen LogP contribution in [-0.2, 0) is 17.4 Å². The van der Waals surface area contributed by atoms with Crippen LogP contribution in [0.15, 0.2) is 54.7 Å². The molecule has 10 heteroatoms. The summed E-state index contributed by atoms with van der Waals surface area (Å²) in [6.07, 6.45) is -3.82. The third-order valence-corrected chi connectivity index (χ3v) is 4.60. The molecule has 0 aliphatic carbocycles. The molecule has 6 nitrogen and oxygen atoms in total. The van der Waals surface area contributed by atoms with Gasteiger partial charge in [0.1, 0.15) is 0 Å². The van der Waals surface area contributed by atoms with E-state index in [9.17, 15) is 22.8 Å². The summed E-state index contributed by atoms with van der Waals surface area (Å²) in [6, 6.07) is 12.0. The van der Waals surface area contributed by atoms with E-state index in [1.807, 2.05) is 13.8 Å². The van der Waals surface area contributed by atoms with Crippen LogP contribution in [0.4, 0.5) is 18.9 Å². The molecule has 2 amide bonds. The van der Waals surface area contributed by atoms with E-state index in [1.54, 1.807) is 12.1 Å². The van der Waals surface area contributed by atoms with Crippen LogP contribution >= 0.6 is 11.6 Å². The van der Waals surface area contributed by atoms with E-state index in [4.69, 9.17) is 11.6 Å². The first-order valence-electron chi connectivity index (χ1n) is 9.65. The van der Waals surface area contributed by atoms with Crippen LogP contribution in [0.3, 0.4) is 0 Å². The number of hydrogen-bond acceptors (Lipinski definition) is 3. The van der Waals surface area contributed by atoms with Gasteiger partial charge in [0.25, 0.3) is 5.91 Å². The lowest BCUT2D eigenvalue weighted by atomic mass is 10.1. The number of carbonyl (C=O) groups excluding carboxylic acids is 2. The molecule has 1 heterocycles. The van der Waals surface area contributed by atoms with Gasteiger partial charge in [0.2, 0.25) is 5.91 Å². The second-order valence-electron chi connectivity index (χ2n) is 7.35. The van der Waals surface area contributed by atoms with Crippen molar-refractivity contribution in [1.82, 2.24) is 15.1 Å². The van der Waals surface area contributed by atoms with Crippen molar-refractivity contribution in [3.63, 3.8) is 0 Å². The molecule has 168 valence electrons. The summed E-state index contributed by atoms with van der Waals surface area (Å²) in [6.45, 7) is 3.69. The predicted octanol–water partition coefficient (Wildman–Crippen LogP) is 4.86. The summed E-state index contributed by atoms with van der Waals surface area (Å²) in [7, 11) is 0. The van der Waals surface area contributed by atoms with Crippen molar-refractivity contribution < 1.29 is 22.8 Å². The van der Waals surface area contributed by atoms with Gasteiger partial charge in [-0.25, -0.2) is 4.68 Å². The van der Waals surface area contributed by atoms with Crippen LogP contribution in [0, 0.1) is 0 Å². The van der Waals surface area contributed by atoms with Crippen molar-refractivity contribution in [2.24, 2.45) is 0 Å². The number of aromatic nitrogens is 2. The molecular weight excluding hydrogens is 445 g/mol. The highest BCUT2D eigenvalue weighted by atomic mass is 35.5. The van der Waals surface area contributed by atoms with Gasteiger partial charge in [-0.05, 0) is 49.7 Å². The topological polar surface area (TPSA) is 76.0 Å². The van der Waals surface area contributed by atoms with Gasteiger partial charge >= 0.3 is 6.18 Å². The number of alkyl halides is 3. The molecular formula is C22H20ClF3N4O2. The van der Waals surface area contributed by atoms with Gasteiger partial charge in [0.15, 0.2) is 5.69 Å². The number of amides is 2. The van der Waals surface area contributed by atoms with E-state index in [1.165, 1.54) is 36.4 Å². The summed E-state index contributed by atoms with van der Waals surface area (Å²) in [5, 5.41) is 9.20. The van der Waals surface area contributed by atoms with E-state index < -0.39 is 23.3 Å². The second kappa shape index (κ2) is 9.44. The number of benzene rings is 2. The first-order chi connectivity index (χ1) is 15.0. The zero-order valence-electron chi connectivity index (χ0n) is 17.2. The molecule has 0 atom stereocenters. The van der Waals surface area contributed by atoms with Gasteiger partial charge in [0.05, 0.1) is 23.9 Å². The first kappa shape index (κ1) is 23.3. The number of carbonyl (C=O) groups is 2. The molecule has 0 unspecified atom stereocenters. The summed E-state index contributed by atoms with van der Waals surface area (Å²) in [5.41, 5.74) is -0.775. The highest BCUT2D eigenvalue weighted by Gasteiger charge is 2.40. The predicted molar refractivity (Wildman–Crippen MR) is 115 cm³/mol. The molecule has 0 saturated heterocycles. The zero-order valence-corrected chi connectivity index (χ0v) is 18.0. The van der Waals surface area contributed by atoms with Crippen LogP contribution in [-0.4, -0.2) is 27.6 Å². The monoisotopic (exact) mass is 464 g/mol. The van der Waals surface area contributed by atoms with Crippen LogP contribution in [0.2, 0.25) is 5.02 Å². The molecule has 2 N–H and O–H groups in total. The Bertz CT molecular complexity index is 1120. The zero-order chi connectivity index (χ0) is 23.5. The maximum Gasteiger partial charge on any atom is 0.434 e. The molecule has 1 aromatic heterocycles. The third kappa shape index (κ3) is 5.67. The third-order valence-electron chi connectivity index (χ3n) is 4.36. The molecule has 2 aromatic carbocycles. The Labute approximate surface area is 187 Å². The maximum absolute atomic E-state index is 13.8. The minimum Gasteiger partial charge on any atom is -0.354 e. The van der Waals surface area contributed by atoms with Crippen molar-refractivity contribution in [1.29, 1.82) is 0 Å². The number of anilines is 1. The molecule has 32 heavy (non-hydrogen) atoms. The molecule has 0 saturated carbocycles. The Hall–Kier alpha value is -3.33. The van der Waals surface area contributed by atoms with Crippen molar-refractivity contribution >= 4 is 29.1 Å². The minimum absolute atomic E-state index is 0.0108. The number of nitrogens with one attached hydrogen (secondary N) is 2. The largest absolute Gasteiger partial charge is 0.434 e. The number of halogens is 4. The normalized spacial score (nSPS) is 11.5. The van der Waals surface area contributed by atoms with Gasteiger partial charge in [-0.3, -0.25) is 9.59 Å². The van der Waals surface area contributed by atoms with E-state index >= 15 is 0 Å². The maximum atomic E-state index is 13.8. The minimum atomic E-state index is -4.83. The molecule has 0 aliphatic heterocycles. The van der Waals surface area contributed by atoms with E-state index in [0.717, 1.165) is 6.20 Å². The molecule has 0 bridgehead atoms. The number of nitrogens with zero attached hydrogens (tertiary/aromatic N) is 2. The fourth-order valence-corrected chi connectivity index (χ4v) is 3.24. The molecule has 3 aromatic rings. The smallest absolute Gasteiger partial charge is 0.354 e. The highest BCUT2D eigenvalue weighted by molar-refractivity contribution is 6.30. The van der Waals surface area contributed by atoms with Crippen molar-refractivity contribution in [3.8, 4) is 5.69 Å². The molecule has 0 spiro atoms. The highest BCUT2D eigenvalue weighted by Crippen LogP contribution is 2.34. The Morgan fingerprint density at radius 2 is 1.81 bits per heavy atom. The van der Waals surface area contributed by atoms with Gasteiger partial charge in [-0.2, -0.15) is 18.3 Å². The van der Waals surface area contributed by atoms with Crippen LogP contribution in [0.5, 0.6) is 0 Å². The lowest BCUT2D eigenvalue weighted by Crippen LogP contribution is -2.31. The van der Waals surface area contributed by atoms with Gasteiger partial charge in [-0.15, -0.1) is 0 Å². The number of hydrogen-bond donors (Lipinski definition) is 2. The Morgan fingerprint density at radius 3 is 2.41 bits per heavy atom.